The summed E-state index contributed by atoms with van der Waals surface area (Å²) in [4.78, 5) is 0. The predicted molar refractivity (Wildman–Crippen MR) is 76.6 cm³/mol. The second-order valence-electron chi connectivity index (χ2n) is 6.49. The number of nitrogens with one attached hydrogen (secondary N) is 1. The number of hydrogen-bond acceptors (Lipinski definition) is 1. The minimum absolute atomic E-state index is 0.613. The Balaban J connectivity index is 1.71. The lowest BCUT2D eigenvalue weighted by Gasteiger charge is -2.40. The van der Waals surface area contributed by atoms with E-state index in [9.17, 15) is 0 Å². The van der Waals surface area contributed by atoms with E-state index in [1.807, 2.05) is 0 Å². The molecule has 98 valence electrons. The zero-order valence-corrected chi connectivity index (χ0v) is 11.5. The normalized spacial score (nSPS) is 36.1. The first kappa shape index (κ1) is 12.2. The lowest BCUT2D eigenvalue weighted by Crippen LogP contribution is -2.40. The molecule has 0 amide bonds. The Morgan fingerprint density at radius 2 is 1.83 bits per heavy atom. The van der Waals surface area contributed by atoms with E-state index in [-0.39, 0.29) is 0 Å². The van der Waals surface area contributed by atoms with Crippen molar-refractivity contribution < 1.29 is 0 Å². The van der Waals surface area contributed by atoms with Crippen LogP contribution in [0.4, 0.5) is 0 Å². The molecule has 1 unspecified atom stereocenters. The molecule has 1 saturated carbocycles. The molecule has 1 aromatic rings. The van der Waals surface area contributed by atoms with Gasteiger partial charge in [-0.25, -0.2) is 0 Å². The molecule has 1 aromatic carbocycles. The molecule has 1 aliphatic heterocycles. The Morgan fingerprint density at radius 3 is 2.56 bits per heavy atom. The van der Waals surface area contributed by atoms with Crippen molar-refractivity contribution >= 4 is 0 Å². The predicted octanol–water partition coefficient (Wildman–Crippen LogP) is 3.79. The third-order valence-corrected chi connectivity index (χ3v) is 5.31. The molecule has 3 rings (SSSR count). The maximum absolute atomic E-state index is 3.78. The fourth-order valence-electron chi connectivity index (χ4n) is 3.96. The highest BCUT2D eigenvalue weighted by atomic mass is 15.0. The quantitative estimate of drug-likeness (QED) is 0.833. The van der Waals surface area contributed by atoms with Crippen molar-refractivity contribution in [2.45, 2.75) is 51.5 Å². The van der Waals surface area contributed by atoms with Gasteiger partial charge in [-0.3, -0.25) is 0 Å². The summed E-state index contributed by atoms with van der Waals surface area (Å²) in [7, 11) is 0. The van der Waals surface area contributed by atoms with Gasteiger partial charge in [0, 0.05) is 6.04 Å². The van der Waals surface area contributed by atoms with Gasteiger partial charge < -0.3 is 5.32 Å². The van der Waals surface area contributed by atoms with Crippen molar-refractivity contribution in [3.05, 3.63) is 35.9 Å². The Labute approximate surface area is 111 Å². The Hall–Kier alpha value is -0.820. The highest BCUT2D eigenvalue weighted by molar-refractivity contribution is 5.18. The summed E-state index contributed by atoms with van der Waals surface area (Å²) in [6, 6.07) is 11.7. The number of rotatable bonds is 2. The Bertz CT molecular complexity index is 376. The Kier molecular flexibility index (Phi) is 3.43. The SMILES string of the molecule is CC1CCC2(CCNC2Cc2ccccc2)CC1. The molecule has 1 heteroatoms. The second-order valence-corrected chi connectivity index (χ2v) is 6.49. The van der Waals surface area contributed by atoms with E-state index >= 15 is 0 Å². The lowest BCUT2D eigenvalue weighted by atomic mass is 9.65. The van der Waals surface area contributed by atoms with E-state index in [1.165, 1.54) is 50.6 Å². The number of hydrogen-bond donors (Lipinski definition) is 1. The minimum Gasteiger partial charge on any atom is -0.313 e. The summed E-state index contributed by atoms with van der Waals surface area (Å²) in [6.45, 7) is 3.65. The molecule has 1 aliphatic carbocycles. The van der Waals surface area contributed by atoms with Gasteiger partial charge in [0.05, 0.1) is 0 Å². The van der Waals surface area contributed by atoms with Crippen molar-refractivity contribution in [1.29, 1.82) is 0 Å². The van der Waals surface area contributed by atoms with E-state index in [0.29, 0.717) is 11.5 Å². The third-order valence-electron chi connectivity index (χ3n) is 5.31. The fraction of sp³-hybridized carbons (Fsp3) is 0.647. The molecule has 18 heavy (non-hydrogen) atoms. The van der Waals surface area contributed by atoms with Gasteiger partial charge >= 0.3 is 0 Å². The van der Waals surface area contributed by atoms with Crippen LogP contribution in [-0.2, 0) is 6.42 Å². The van der Waals surface area contributed by atoms with Crippen molar-refractivity contribution in [3.63, 3.8) is 0 Å². The van der Waals surface area contributed by atoms with Gasteiger partial charge in [0.1, 0.15) is 0 Å². The minimum atomic E-state index is 0.613. The van der Waals surface area contributed by atoms with Crippen LogP contribution < -0.4 is 5.32 Å². The molecule has 2 fully saturated rings. The molecule has 2 aliphatic rings. The van der Waals surface area contributed by atoms with Gasteiger partial charge in [0.15, 0.2) is 0 Å². The first-order chi connectivity index (χ1) is 8.78. The van der Waals surface area contributed by atoms with E-state index in [0.717, 1.165) is 5.92 Å². The van der Waals surface area contributed by atoms with Gasteiger partial charge in [-0.1, -0.05) is 50.1 Å². The van der Waals surface area contributed by atoms with Gasteiger partial charge in [0.25, 0.3) is 0 Å². The molecule has 0 bridgehead atoms. The molecule has 0 aromatic heterocycles. The lowest BCUT2D eigenvalue weighted by molar-refractivity contribution is 0.135. The molecular weight excluding hydrogens is 218 g/mol. The zero-order valence-electron chi connectivity index (χ0n) is 11.5. The van der Waals surface area contributed by atoms with E-state index in [1.54, 1.807) is 0 Å². The van der Waals surface area contributed by atoms with Crippen LogP contribution in [0.1, 0.15) is 44.6 Å². The maximum Gasteiger partial charge on any atom is 0.0164 e. The van der Waals surface area contributed by atoms with Crippen LogP contribution in [0.3, 0.4) is 0 Å². The number of benzene rings is 1. The smallest absolute Gasteiger partial charge is 0.0164 e. The fourth-order valence-corrected chi connectivity index (χ4v) is 3.96. The van der Waals surface area contributed by atoms with Crippen LogP contribution in [-0.4, -0.2) is 12.6 Å². The average Bonchev–Trinajstić information content (AvgIpc) is 2.78. The summed E-state index contributed by atoms with van der Waals surface area (Å²) in [5.74, 6) is 0.952. The van der Waals surface area contributed by atoms with Crippen molar-refractivity contribution in [2.24, 2.45) is 11.3 Å². The molecule has 1 N–H and O–H groups in total. The summed E-state index contributed by atoms with van der Waals surface area (Å²) in [6.07, 6.45) is 8.38. The maximum atomic E-state index is 3.78. The first-order valence-electron chi connectivity index (χ1n) is 7.56. The van der Waals surface area contributed by atoms with Crippen molar-refractivity contribution in [2.75, 3.05) is 6.54 Å². The Morgan fingerprint density at radius 1 is 1.11 bits per heavy atom. The monoisotopic (exact) mass is 243 g/mol. The molecule has 0 radical (unpaired) electrons. The molecule has 1 saturated heterocycles. The third kappa shape index (κ3) is 2.33. The highest BCUT2D eigenvalue weighted by Gasteiger charge is 2.43. The highest BCUT2D eigenvalue weighted by Crippen LogP contribution is 2.47. The summed E-state index contributed by atoms with van der Waals surface area (Å²) < 4.78 is 0. The first-order valence-corrected chi connectivity index (χ1v) is 7.56. The summed E-state index contributed by atoms with van der Waals surface area (Å²) >= 11 is 0. The summed E-state index contributed by atoms with van der Waals surface area (Å²) in [5.41, 5.74) is 2.11. The van der Waals surface area contributed by atoms with E-state index < -0.39 is 0 Å². The van der Waals surface area contributed by atoms with Crippen molar-refractivity contribution in [3.8, 4) is 0 Å². The van der Waals surface area contributed by atoms with E-state index in [2.05, 4.69) is 42.6 Å². The van der Waals surface area contributed by atoms with Crippen LogP contribution >= 0.6 is 0 Å². The van der Waals surface area contributed by atoms with Crippen molar-refractivity contribution in [1.82, 2.24) is 5.32 Å². The van der Waals surface area contributed by atoms with Gasteiger partial charge in [0.2, 0.25) is 0 Å². The largest absolute Gasteiger partial charge is 0.313 e. The van der Waals surface area contributed by atoms with Crippen LogP contribution in [0.2, 0.25) is 0 Å². The molecule has 1 spiro atoms. The van der Waals surface area contributed by atoms with Gasteiger partial charge in [-0.2, -0.15) is 0 Å². The second kappa shape index (κ2) is 5.05. The van der Waals surface area contributed by atoms with Crippen LogP contribution in [0, 0.1) is 11.3 Å². The average molecular weight is 243 g/mol. The van der Waals surface area contributed by atoms with Gasteiger partial charge in [-0.05, 0) is 49.1 Å². The van der Waals surface area contributed by atoms with E-state index in [4.69, 9.17) is 0 Å². The van der Waals surface area contributed by atoms with Crippen LogP contribution in [0.5, 0.6) is 0 Å². The molecule has 1 heterocycles. The molecule has 1 nitrogen and oxygen atoms in total. The van der Waals surface area contributed by atoms with Crippen LogP contribution in [0.15, 0.2) is 30.3 Å². The van der Waals surface area contributed by atoms with Gasteiger partial charge in [-0.15, -0.1) is 0 Å². The summed E-state index contributed by atoms with van der Waals surface area (Å²) in [5, 5.41) is 3.78. The molecule has 1 atom stereocenters. The molecular formula is C17H25N. The standard InChI is InChI=1S/C17H25N/c1-14-7-9-17(10-8-14)11-12-18-16(17)13-15-5-3-2-4-6-15/h2-6,14,16,18H,7-13H2,1H3. The van der Waals surface area contributed by atoms with Crippen LogP contribution in [0.25, 0.3) is 0 Å². The zero-order chi connectivity index (χ0) is 12.4. The topological polar surface area (TPSA) is 12.0 Å².